The first-order valence-corrected chi connectivity index (χ1v) is 11.0. The quantitative estimate of drug-likeness (QED) is 0.293. The zero-order valence-corrected chi connectivity index (χ0v) is 19.4. The van der Waals surface area contributed by atoms with Crippen LogP contribution in [0.3, 0.4) is 0 Å². The summed E-state index contributed by atoms with van der Waals surface area (Å²) in [4.78, 5) is 12.6. The van der Waals surface area contributed by atoms with Crippen molar-refractivity contribution in [1.29, 1.82) is 0 Å². The zero-order valence-electron chi connectivity index (χ0n) is 19.4. The first-order valence-electron chi connectivity index (χ1n) is 11.0. The van der Waals surface area contributed by atoms with E-state index in [-0.39, 0.29) is 5.91 Å². The van der Waals surface area contributed by atoms with Gasteiger partial charge in [-0.1, -0.05) is 47.6 Å². The minimum atomic E-state index is -0.299. The first kappa shape index (κ1) is 21.5. The minimum absolute atomic E-state index is 0.299. The molecule has 1 N–H and O–H groups in total. The Morgan fingerprint density at radius 3 is 2.59 bits per heavy atom. The molecule has 6 nitrogen and oxygen atoms in total. The van der Waals surface area contributed by atoms with E-state index in [4.69, 9.17) is 13.7 Å². The van der Waals surface area contributed by atoms with Gasteiger partial charge < -0.3 is 19.0 Å². The molecule has 170 valence electrons. The second-order valence-corrected chi connectivity index (χ2v) is 8.27. The number of aromatic nitrogens is 1. The van der Waals surface area contributed by atoms with Gasteiger partial charge in [0.05, 0.1) is 13.4 Å². The number of benzene rings is 3. The summed E-state index contributed by atoms with van der Waals surface area (Å²) in [5.41, 5.74) is 5.30. The number of anilines is 1. The highest BCUT2D eigenvalue weighted by molar-refractivity contribution is 6.08. The van der Waals surface area contributed by atoms with Crippen LogP contribution in [0, 0.1) is 13.8 Å². The molecule has 1 amide bonds. The summed E-state index contributed by atoms with van der Waals surface area (Å²) in [6, 6.07) is 18.2. The van der Waals surface area contributed by atoms with Crippen molar-refractivity contribution in [2.75, 3.05) is 12.4 Å². The number of rotatable bonds is 5. The van der Waals surface area contributed by atoms with Crippen molar-refractivity contribution in [2.45, 2.75) is 20.8 Å². The molecule has 0 saturated heterocycles. The molecule has 0 aliphatic rings. The highest BCUT2D eigenvalue weighted by Crippen LogP contribution is 2.42. The van der Waals surface area contributed by atoms with Crippen LogP contribution in [-0.2, 0) is 4.79 Å². The van der Waals surface area contributed by atoms with E-state index in [0.29, 0.717) is 17.3 Å². The molecule has 3 aromatic carbocycles. The number of carbonyl (C=O) groups is 1. The summed E-state index contributed by atoms with van der Waals surface area (Å²) in [5, 5.41) is 9.82. The van der Waals surface area contributed by atoms with Crippen LogP contribution in [0.5, 0.6) is 5.75 Å². The van der Waals surface area contributed by atoms with Crippen LogP contribution in [0.4, 0.5) is 5.82 Å². The largest absolute Gasteiger partial charge is 0.496 e. The van der Waals surface area contributed by atoms with E-state index < -0.39 is 0 Å². The summed E-state index contributed by atoms with van der Waals surface area (Å²) < 4.78 is 16.8. The van der Waals surface area contributed by atoms with Crippen LogP contribution in [0.2, 0.25) is 0 Å². The number of fused-ring (bicyclic) bond motifs is 2. The number of ether oxygens (including phenoxy) is 1. The molecule has 2 heterocycles. The van der Waals surface area contributed by atoms with Crippen molar-refractivity contribution >= 4 is 39.0 Å². The van der Waals surface area contributed by atoms with Crippen molar-refractivity contribution < 1.29 is 18.5 Å². The van der Waals surface area contributed by atoms with Gasteiger partial charge in [-0.3, -0.25) is 4.79 Å². The Balaban J connectivity index is 1.63. The van der Waals surface area contributed by atoms with Crippen LogP contribution in [0.25, 0.3) is 38.4 Å². The zero-order chi connectivity index (χ0) is 23.8. The fourth-order valence-electron chi connectivity index (χ4n) is 4.40. The molecule has 0 unspecified atom stereocenters. The molecule has 0 saturated carbocycles. The van der Waals surface area contributed by atoms with Gasteiger partial charge in [0.15, 0.2) is 5.82 Å². The normalized spacial score (nSPS) is 11.8. The number of furan rings is 1. The SMILES string of the molecule is COc1c(/C(C)=C/C(=O)Nc2cc(C)on2)cc2c(-c3cccc4ccccc34)coc2c1C. The molecule has 5 aromatic rings. The van der Waals surface area contributed by atoms with Crippen molar-refractivity contribution in [1.82, 2.24) is 5.16 Å². The monoisotopic (exact) mass is 452 g/mol. The highest BCUT2D eigenvalue weighted by Gasteiger charge is 2.19. The summed E-state index contributed by atoms with van der Waals surface area (Å²) >= 11 is 0. The third kappa shape index (κ3) is 3.73. The maximum Gasteiger partial charge on any atom is 0.249 e. The van der Waals surface area contributed by atoms with Gasteiger partial charge in [-0.25, -0.2) is 0 Å². The van der Waals surface area contributed by atoms with Crippen molar-refractivity contribution in [2.24, 2.45) is 0 Å². The Hall–Kier alpha value is -4.32. The van der Waals surface area contributed by atoms with E-state index in [9.17, 15) is 4.79 Å². The third-order valence-electron chi connectivity index (χ3n) is 5.98. The summed E-state index contributed by atoms with van der Waals surface area (Å²) in [5.74, 6) is 1.37. The number of nitrogens with one attached hydrogen (secondary N) is 1. The van der Waals surface area contributed by atoms with Crippen LogP contribution in [-0.4, -0.2) is 18.2 Å². The lowest BCUT2D eigenvalue weighted by Crippen LogP contribution is -2.09. The highest BCUT2D eigenvalue weighted by atomic mass is 16.5. The van der Waals surface area contributed by atoms with Gasteiger partial charge in [-0.2, -0.15) is 0 Å². The second-order valence-electron chi connectivity index (χ2n) is 8.27. The Kier molecular flexibility index (Phi) is 5.42. The predicted molar refractivity (Wildman–Crippen MR) is 134 cm³/mol. The number of aryl methyl sites for hydroxylation is 2. The van der Waals surface area contributed by atoms with E-state index >= 15 is 0 Å². The molecule has 6 heteroatoms. The van der Waals surface area contributed by atoms with Crippen molar-refractivity contribution in [3.8, 4) is 16.9 Å². The maximum atomic E-state index is 12.6. The van der Waals surface area contributed by atoms with Crippen LogP contribution in [0.15, 0.2) is 75.9 Å². The topological polar surface area (TPSA) is 77.5 Å². The molecule has 0 fully saturated rings. The van der Waals surface area contributed by atoms with Gasteiger partial charge >= 0.3 is 0 Å². The average Bonchev–Trinajstić information content (AvgIpc) is 3.44. The molecule has 0 spiro atoms. The van der Waals surface area contributed by atoms with Crippen LogP contribution >= 0.6 is 0 Å². The summed E-state index contributed by atoms with van der Waals surface area (Å²) in [7, 11) is 1.62. The Labute approximate surface area is 196 Å². The molecule has 0 radical (unpaired) electrons. The Morgan fingerprint density at radius 1 is 1.03 bits per heavy atom. The number of amides is 1. The van der Waals surface area contributed by atoms with Gasteiger partial charge in [0, 0.05) is 34.2 Å². The third-order valence-corrected chi connectivity index (χ3v) is 5.98. The maximum absolute atomic E-state index is 12.6. The molecular formula is C28H24N2O4. The molecule has 34 heavy (non-hydrogen) atoms. The number of hydrogen-bond acceptors (Lipinski definition) is 5. The van der Waals surface area contributed by atoms with E-state index in [2.05, 4.69) is 40.8 Å². The van der Waals surface area contributed by atoms with E-state index in [1.807, 2.05) is 32.0 Å². The van der Waals surface area contributed by atoms with Crippen LogP contribution < -0.4 is 10.1 Å². The predicted octanol–water partition coefficient (Wildman–Crippen LogP) is 6.91. The molecule has 0 atom stereocenters. The van der Waals surface area contributed by atoms with E-state index in [1.165, 1.54) is 6.08 Å². The van der Waals surface area contributed by atoms with Gasteiger partial charge in [0.25, 0.3) is 0 Å². The van der Waals surface area contributed by atoms with Crippen LogP contribution in [0.1, 0.15) is 23.8 Å². The Morgan fingerprint density at radius 2 is 1.82 bits per heavy atom. The standard InChI is InChI=1S/C28H24N2O4/c1-16(12-26(31)29-25-13-17(2)34-30-25)22-14-23-24(15-33-28(23)18(3)27(22)32-4)21-11-7-9-19-8-5-6-10-20(19)21/h5-15H,1-4H3,(H,29,30,31)/b16-12+. The van der Waals surface area contributed by atoms with Gasteiger partial charge in [0.2, 0.25) is 5.91 Å². The fourth-order valence-corrected chi connectivity index (χ4v) is 4.40. The summed E-state index contributed by atoms with van der Waals surface area (Å²) in [6.07, 6.45) is 3.33. The van der Waals surface area contributed by atoms with Gasteiger partial charge in [-0.05, 0) is 48.7 Å². The first-order chi connectivity index (χ1) is 16.5. The molecule has 5 rings (SSSR count). The van der Waals surface area contributed by atoms with Gasteiger partial charge in [-0.15, -0.1) is 0 Å². The van der Waals surface area contributed by atoms with Gasteiger partial charge in [0.1, 0.15) is 17.1 Å². The molecule has 0 aliphatic carbocycles. The van der Waals surface area contributed by atoms with E-state index in [1.54, 1.807) is 26.4 Å². The van der Waals surface area contributed by atoms with Crippen molar-refractivity contribution in [3.05, 3.63) is 83.8 Å². The fraction of sp³-hybridized carbons (Fsp3) is 0.143. The molecular weight excluding hydrogens is 428 g/mol. The Bertz CT molecular complexity index is 1570. The number of hydrogen-bond donors (Lipinski definition) is 1. The lowest BCUT2D eigenvalue weighted by Gasteiger charge is -2.13. The number of nitrogens with zero attached hydrogens (tertiary/aromatic N) is 1. The van der Waals surface area contributed by atoms with Crippen molar-refractivity contribution in [3.63, 3.8) is 0 Å². The molecule has 2 aromatic heterocycles. The number of methoxy groups -OCH3 is 1. The summed E-state index contributed by atoms with van der Waals surface area (Å²) in [6.45, 7) is 5.62. The minimum Gasteiger partial charge on any atom is -0.496 e. The lowest BCUT2D eigenvalue weighted by molar-refractivity contribution is -0.111. The smallest absolute Gasteiger partial charge is 0.249 e. The lowest BCUT2D eigenvalue weighted by atomic mass is 9.94. The number of carbonyl (C=O) groups excluding carboxylic acids is 1. The van der Waals surface area contributed by atoms with E-state index in [0.717, 1.165) is 49.6 Å². The second kappa shape index (κ2) is 8.56. The molecule has 0 aliphatic heterocycles. The molecule has 0 bridgehead atoms. The average molecular weight is 453 g/mol. The number of allylic oxidation sites excluding steroid dienone is 1.